The molecule has 2 N–H and O–H groups in total. The highest BCUT2D eigenvalue weighted by Gasteiger charge is 2.06. The molecule has 0 aliphatic carbocycles. The minimum Gasteiger partial charge on any atom is -0.328 e. The Bertz CT molecular complexity index is 204. The third-order valence-electron chi connectivity index (χ3n) is 2.08. The molecule has 68 valence electrons. The van der Waals surface area contributed by atoms with E-state index in [0.29, 0.717) is 12.0 Å². The van der Waals surface area contributed by atoms with Crippen LogP contribution in [0.25, 0.3) is 0 Å². The van der Waals surface area contributed by atoms with E-state index in [-0.39, 0.29) is 0 Å². The molecule has 0 bridgehead atoms. The lowest BCUT2D eigenvalue weighted by Crippen LogP contribution is -2.15. The van der Waals surface area contributed by atoms with Gasteiger partial charge in [-0.2, -0.15) is 0 Å². The maximum Gasteiger partial charge on any atom is 0.00734 e. The molecule has 2 unspecified atom stereocenters. The lowest BCUT2D eigenvalue weighted by atomic mass is 10.0. The highest BCUT2D eigenvalue weighted by molar-refractivity contribution is 7.10. The number of thiophene rings is 1. The molecule has 0 saturated carbocycles. The number of nitrogens with two attached hydrogens (primary N) is 1. The fourth-order valence-corrected chi connectivity index (χ4v) is 2.05. The molecule has 1 aromatic rings. The first kappa shape index (κ1) is 9.75. The monoisotopic (exact) mass is 183 g/mol. The molecule has 0 fully saturated rings. The van der Waals surface area contributed by atoms with E-state index in [0.717, 1.165) is 6.42 Å². The van der Waals surface area contributed by atoms with Gasteiger partial charge < -0.3 is 5.73 Å². The van der Waals surface area contributed by atoms with Crippen molar-refractivity contribution in [3.8, 4) is 0 Å². The molecule has 1 aromatic heterocycles. The van der Waals surface area contributed by atoms with Gasteiger partial charge in [0.15, 0.2) is 0 Å². The molecule has 0 aliphatic rings. The van der Waals surface area contributed by atoms with Crippen molar-refractivity contribution in [2.24, 2.45) is 5.73 Å². The molecule has 0 aliphatic heterocycles. The van der Waals surface area contributed by atoms with Crippen LogP contribution in [0.4, 0.5) is 0 Å². The van der Waals surface area contributed by atoms with Crippen LogP contribution in [-0.4, -0.2) is 6.04 Å². The number of hydrogen-bond donors (Lipinski definition) is 1. The van der Waals surface area contributed by atoms with Gasteiger partial charge in [-0.3, -0.25) is 0 Å². The van der Waals surface area contributed by atoms with E-state index in [4.69, 9.17) is 5.73 Å². The fourth-order valence-electron chi connectivity index (χ4n) is 1.23. The van der Waals surface area contributed by atoms with Crippen molar-refractivity contribution in [1.29, 1.82) is 0 Å². The van der Waals surface area contributed by atoms with Crippen molar-refractivity contribution in [2.75, 3.05) is 0 Å². The van der Waals surface area contributed by atoms with Crippen LogP contribution in [0.5, 0.6) is 0 Å². The van der Waals surface area contributed by atoms with Crippen LogP contribution in [0, 0.1) is 0 Å². The minimum atomic E-state index is 0.340. The van der Waals surface area contributed by atoms with Gasteiger partial charge in [-0.25, -0.2) is 0 Å². The zero-order chi connectivity index (χ0) is 8.97. The first-order valence-electron chi connectivity index (χ1n) is 4.49. The van der Waals surface area contributed by atoms with Crippen LogP contribution < -0.4 is 5.73 Å². The van der Waals surface area contributed by atoms with Gasteiger partial charge in [0.05, 0.1) is 0 Å². The molecule has 0 spiro atoms. The smallest absolute Gasteiger partial charge is 0.00734 e. The molecule has 0 amide bonds. The Labute approximate surface area is 78.6 Å². The Balaban J connectivity index is 2.34. The first-order valence-corrected chi connectivity index (χ1v) is 5.37. The second-order valence-corrected chi connectivity index (χ2v) is 4.45. The summed E-state index contributed by atoms with van der Waals surface area (Å²) in [6.07, 6.45) is 2.33. The summed E-state index contributed by atoms with van der Waals surface area (Å²) < 4.78 is 0. The summed E-state index contributed by atoms with van der Waals surface area (Å²) in [5, 5.41) is 2.14. The molecule has 1 nitrogen and oxygen atoms in total. The standard InChI is InChI=1S/C10H17NS/c1-8(5-6-9(2)11)10-4-3-7-12-10/h3-4,7-9H,5-6,11H2,1-2H3. The van der Waals surface area contributed by atoms with Crippen molar-refractivity contribution in [1.82, 2.24) is 0 Å². The summed E-state index contributed by atoms with van der Waals surface area (Å²) in [5.41, 5.74) is 5.70. The van der Waals surface area contributed by atoms with Gasteiger partial charge in [0.25, 0.3) is 0 Å². The van der Waals surface area contributed by atoms with Gasteiger partial charge in [0.2, 0.25) is 0 Å². The molecule has 0 saturated heterocycles. The Morgan fingerprint density at radius 1 is 1.42 bits per heavy atom. The Hall–Kier alpha value is -0.340. The molecule has 2 atom stereocenters. The topological polar surface area (TPSA) is 26.0 Å². The molecule has 0 radical (unpaired) electrons. The van der Waals surface area contributed by atoms with Gasteiger partial charge in [0.1, 0.15) is 0 Å². The number of hydrogen-bond acceptors (Lipinski definition) is 2. The second-order valence-electron chi connectivity index (χ2n) is 3.47. The van der Waals surface area contributed by atoms with E-state index in [9.17, 15) is 0 Å². The normalized spacial score (nSPS) is 15.9. The van der Waals surface area contributed by atoms with Gasteiger partial charge in [-0.15, -0.1) is 11.3 Å². The summed E-state index contributed by atoms with van der Waals surface area (Å²) in [4.78, 5) is 1.48. The largest absolute Gasteiger partial charge is 0.328 e. The summed E-state index contributed by atoms with van der Waals surface area (Å²) in [5.74, 6) is 0.677. The minimum absolute atomic E-state index is 0.340. The van der Waals surface area contributed by atoms with Crippen LogP contribution in [-0.2, 0) is 0 Å². The van der Waals surface area contributed by atoms with Crippen molar-refractivity contribution < 1.29 is 0 Å². The van der Waals surface area contributed by atoms with Crippen LogP contribution >= 0.6 is 11.3 Å². The van der Waals surface area contributed by atoms with E-state index < -0.39 is 0 Å². The second kappa shape index (κ2) is 4.63. The van der Waals surface area contributed by atoms with E-state index >= 15 is 0 Å². The van der Waals surface area contributed by atoms with E-state index in [1.54, 1.807) is 0 Å². The highest BCUT2D eigenvalue weighted by Crippen LogP contribution is 2.24. The van der Waals surface area contributed by atoms with Crippen molar-refractivity contribution in [3.05, 3.63) is 22.4 Å². The Morgan fingerprint density at radius 2 is 2.17 bits per heavy atom. The summed E-state index contributed by atoms with van der Waals surface area (Å²) in [6, 6.07) is 4.66. The van der Waals surface area contributed by atoms with Crippen molar-refractivity contribution in [2.45, 2.75) is 38.6 Å². The fraction of sp³-hybridized carbons (Fsp3) is 0.600. The third kappa shape index (κ3) is 2.95. The van der Waals surface area contributed by atoms with E-state index in [2.05, 4.69) is 31.4 Å². The van der Waals surface area contributed by atoms with Crippen LogP contribution in [0.3, 0.4) is 0 Å². The average Bonchev–Trinajstić information content (AvgIpc) is 2.51. The van der Waals surface area contributed by atoms with Crippen molar-refractivity contribution in [3.63, 3.8) is 0 Å². The Morgan fingerprint density at radius 3 is 2.67 bits per heavy atom. The van der Waals surface area contributed by atoms with E-state index in [1.165, 1.54) is 11.3 Å². The lowest BCUT2D eigenvalue weighted by Gasteiger charge is -2.10. The molecule has 1 rings (SSSR count). The maximum atomic E-state index is 5.70. The summed E-state index contributed by atoms with van der Waals surface area (Å²) >= 11 is 1.84. The number of rotatable bonds is 4. The molecule has 0 aromatic carbocycles. The Kier molecular flexibility index (Phi) is 3.76. The summed E-state index contributed by atoms with van der Waals surface area (Å²) in [7, 11) is 0. The van der Waals surface area contributed by atoms with Gasteiger partial charge in [0, 0.05) is 10.9 Å². The highest BCUT2D eigenvalue weighted by atomic mass is 32.1. The zero-order valence-corrected chi connectivity index (χ0v) is 8.60. The molecular formula is C10H17NS. The van der Waals surface area contributed by atoms with E-state index in [1.807, 2.05) is 11.3 Å². The molecular weight excluding hydrogens is 166 g/mol. The van der Waals surface area contributed by atoms with Crippen LogP contribution in [0.1, 0.15) is 37.5 Å². The van der Waals surface area contributed by atoms with Gasteiger partial charge in [-0.1, -0.05) is 13.0 Å². The molecule has 2 heteroatoms. The molecule has 12 heavy (non-hydrogen) atoms. The van der Waals surface area contributed by atoms with Crippen LogP contribution in [0.2, 0.25) is 0 Å². The maximum absolute atomic E-state index is 5.70. The predicted molar refractivity (Wildman–Crippen MR) is 55.6 cm³/mol. The SMILES string of the molecule is CC(N)CCC(C)c1cccs1. The van der Waals surface area contributed by atoms with Gasteiger partial charge in [-0.05, 0) is 37.1 Å². The average molecular weight is 183 g/mol. The third-order valence-corrected chi connectivity index (χ3v) is 3.19. The predicted octanol–water partition coefficient (Wildman–Crippen LogP) is 2.98. The van der Waals surface area contributed by atoms with Crippen LogP contribution in [0.15, 0.2) is 17.5 Å². The van der Waals surface area contributed by atoms with Crippen molar-refractivity contribution >= 4 is 11.3 Å². The zero-order valence-electron chi connectivity index (χ0n) is 7.79. The lowest BCUT2D eigenvalue weighted by molar-refractivity contribution is 0.573. The first-order chi connectivity index (χ1) is 5.70. The molecule has 1 heterocycles. The van der Waals surface area contributed by atoms with Gasteiger partial charge >= 0.3 is 0 Å². The summed E-state index contributed by atoms with van der Waals surface area (Å²) in [6.45, 7) is 4.34. The quantitative estimate of drug-likeness (QED) is 0.763.